The van der Waals surface area contributed by atoms with Gasteiger partial charge in [-0.05, 0) is 50.5 Å². The molecule has 6 rings (SSSR count). The molecular formula is C25H23F3N4O2. The van der Waals surface area contributed by atoms with E-state index in [2.05, 4.69) is 10.4 Å². The zero-order valence-corrected chi connectivity index (χ0v) is 18.8. The van der Waals surface area contributed by atoms with Crippen molar-refractivity contribution in [3.63, 3.8) is 0 Å². The Bertz CT molecular complexity index is 1330. The maximum Gasteiger partial charge on any atom is 0.258 e. The van der Waals surface area contributed by atoms with Crippen LogP contribution in [0.1, 0.15) is 47.4 Å². The van der Waals surface area contributed by atoms with Gasteiger partial charge < -0.3 is 15.0 Å². The number of fused-ring (bicyclic) bond motifs is 2. The van der Waals surface area contributed by atoms with Gasteiger partial charge in [-0.25, -0.2) is 13.2 Å². The molecule has 1 fully saturated rings. The van der Waals surface area contributed by atoms with E-state index in [1.165, 1.54) is 4.68 Å². The Morgan fingerprint density at radius 1 is 1.21 bits per heavy atom. The predicted octanol–water partition coefficient (Wildman–Crippen LogP) is 4.60. The average molecular weight is 468 g/mol. The van der Waals surface area contributed by atoms with Crippen molar-refractivity contribution in [1.29, 1.82) is 0 Å². The molecule has 0 bridgehead atoms. The van der Waals surface area contributed by atoms with Crippen LogP contribution in [-0.2, 0) is 13.5 Å². The summed E-state index contributed by atoms with van der Waals surface area (Å²) in [6.07, 6.45) is 2.38. The molecule has 1 N–H and O–H groups in total. The van der Waals surface area contributed by atoms with E-state index < -0.39 is 17.5 Å². The fourth-order valence-electron chi connectivity index (χ4n) is 5.11. The van der Waals surface area contributed by atoms with E-state index in [1.807, 2.05) is 19.1 Å². The maximum atomic E-state index is 13.9. The highest BCUT2D eigenvalue weighted by Crippen LogP contribution is 2.48. The van der Waals surface area contributed by atoms with Crippen LogP contribution in [-0.4, -0.2) is 39.3 Å². The predicted molar refractivity (Wildman–Crippen MR) is 119 cm³/mol. The molecule has 1 aliphatic carbocycles. The third-order valence-electron chi connectivity index (χ3n) is 7.13. The molecule has 0 unspecified atom stereocenters. The number of amides is 1. The van der Waals surface area contributed by atoms with E-state index in [0.717, 1.165) is 42.8 Å². The van der Waals surface area contributed by atoms with E-state index in [1.54, 1.807) is 18.0 Å². The Morgan fingerprint density at radius 2 is 1.94 bits per heavy atom. The largest absolute Gasteiger partial charge is 0.482 e. The Morgan fingerprint density at radius 3 is 2.65 bits per heavy atom. The molecule has 176 valence electrons. The van der Waals surface area contributed by atoms with Crippen molar-refractivity contribution in [2.45, 2.75) is 37.8 Å². The van der Waals surface area contributed by atoms with Gasteiger partial charge in [0.15, 0.2) is 23.2 Å². The molecule has 0 saturated heterocycles. The lowest BCUT2D eigenvalue weighted by Crippen LogP contribution is -2.40. The number of nitrogens with one attached hydrogen (secondary N) is 1. The second kappa shape index (κ2) is 7.25. The van der Waals surface area contributed by atoms with E-state index in [4.69, 9.17) is 4.74 Å². The lowest BCUT2D eigenvalue weighted by atomic mass is 9.94. The standard InChI is InChI=1S/C25H23F3N4O2/c1-13-21-15(22(31(2)30-21)14-10-17(26)20(28)18(27)11-14)6-9-32(13)24(33)16-4-3-5-19-23(16)34-25(7-8-25)12-29-19/h3-5,10-11,13,29H,6-9,12H2,1-2H3/t13-/m0/s1. The molecule has 3 aromatic rings. The first-order valence-corrected chi connectivity index (χ1v) is 11.4. The van der Waals surface area contributed by atoms with Gasteiger partial charge in [0.05, 0.1) is 35.2 Å². The Kier molecular flexibility index (Phi) is 4.49. The van der Waals surface area contributed by atoms with Gasteiger partial charge in [0, 0.05) is 24.7 Å². The Hall–Kier alpha value is -3.49. The molecule has 0 radical (unpaired) electrons. The number of carbonyl (C=O) groups excluding carboxylic acids is 1. The molecule has 1 saturated carbocycles. The quantitative estimate of drug-likeness (QED) is 0.559. The summed E-state index contributed by atoms with van der Waals surface area (Å²) in [4.78, 5) is 15.4. The number of halogens is 3. The van der Waals surface area contributed by atoms with Crippen molar-refractivity contribution in [2.24, 2.45) is 7.05 Å². The van der Waals surface area contributed by atoms with Gasteiger partial charge in [-0.1, -0.05) is 6.07 Å². The number of aromatic nitrogens is 2. The molecule has 3 heterocycles. The van der Waals surface area contributed by atoms with E-state index in [9.17, 15) is 18.0 Å². The molecule has 1 atom stereocenters. The van der Waals surface area contributed by atoms with E-state index >= 15 is 0 Å². The van der Waals surface area contributed by atoms with Crippen LogP contribution < -0.4 is 10.1 Å². The summed E-state index contributed by atoms with van der Waals surface area (Å²) >= 11 is 0. The second-order valence-electron chi connectivity index (χ2n) is 9.34. The number of nitrogens with zero attached hydrogens (tertiary/aromatic N) is 3. The van der Waals surface area contributed by atoms with Crippen LogP contribution in [0.3, 0.4) is 0 Å². The number of rotatable bonds is 2. The maximum absolute atomic E-state index is 13.9. The lowest BCUT2D eigenvalue weighted by Gasteiger charge is -2.35. The fourth-order valence-corrected chi connectivity index (χ4v) is 5.11. The number of benzene rings is 2. The molecule has 1 aromatic heterocycles. The fraction of sp³-hybridized carbons (Fsp3) is 0.360. The second-order valence-corrected chi connectivity index (χ2v) is 9.34. The first kappa shape index (κ1) is 21.1. The van der Waals surface area contributed by atoms with Gasteiger partial charge in [0.2, 0.25) is 0 Å². The van der Waals surface area contributed by atoms with Gasteiger partial charge in [-0.15, -0.1) is 0 Å². The number of hydrogen-bond donors (Lipinski definition) is 1. The van der Waals surface area contributed by atoms with Gasteiger partial charge in [0.1, 0.15) is 5.60 Å². The minimum atomic E-state index is -1.50. The van der Waals surface area contributed by atoms with Crippen LogP contribution in [0.25, 0.3) is 11.3 Å². The highest BCUT2D eigenvalue weighted by Gasteiger charge is 2.49. The van der Waals surface area contributed by atoms with E-state index in [0.29, 0.717) is 35.7 Å². The third-order valence-corrected chi connectivity index (χ3v) is 7.13. The molecular weight excluding hydrogens is 445 g/mol. The summed E-state index contributed by atoms with van der Waals surface area (Å²) < 4.78 is 49.1. The molecule has 9 heteroatoms. The monoisotopic (exact) mass is 468 g/mol. The van der Waals surface area contributed by atoms with Gasteiger partial charge in [-0.2, -0.15) is 5.10 Å². The SMILES string of the molecule is C[C@H]1c2nn(C)c(-c3cc(F)c(F)c(F)c3)c2CCN1C(=O)c1cccc2c1OC1(CC1)CN2. The highest BCUT2D eigenvalue weighted by molar-refractivity contribution is 5.99. The topological polar surface area (TPSA) is 59.4 Å². The van der Waals surface area contributed by atoms with Crippen molar-refractivity contribution in [3.8, 4) is 17.0 Å². The van der Waals surface area contributed by atoms with Crippen LogP contribution in [0.5, 0.6) is 5.75 Å². The minimum absolute atomic E-state index is 0.152. The smallest absolute Gasteiger partial charge is 0.258 e. The minimum Gasteiger partial charge on any atom is -0.482 e. The number of para-hydroxylation sites is 1. The number of anilines is 1. The van der Waals surface area contributed by atoms with Crippen LogP contribution >= 0.6 is 0 Å². The van der Waals surface area contributed by atoms with Crippen molar-refractivity contribution in [3.05, 3.63) is 64.6 Å². The Labute approximate surface area is 194 Å². The van der Waals surface area contributed by atoms with Gasteiger partial charge in [-0.3, -0.25) is 9.48 Å². The molecule has 2 aromatic carbocycles. The molecule has 3 aliphatic rings. The normalized spacial score (nSPS) is 19.8. The van der Waals surface area contributed by atoms with Crippen molar-refractivity contribution in [2.75, 3.05) is 18.4 Å². The summed E-state index contributed by atoms with van der Waals surface area (Å²) in [6.45, 7) is 3.03. The molecule has 1 amide bonds. The first-order valence-electron chi connectivity index (χ1n) is 11.4. The summed E-state index contributed by atoms with van der Waals surface area (Å²) in [5.41, 5.74) is 3.30. The number of ether oxygens (including phenoxy) is 1. The first-order chi connectivity index (χ1) is 16.3. The summed E-state index contributed by atoms with van der Waals surface area (Å²) in [5, 5.41) is 7.96. The summed E-state index contributed by atoms with van der Waals surface area (Å²) in [5.74, 6) is -3.56. The van der Waals surface area contributed by atoms with E-state index in [-0.39, 0.29) is 23.1 Å². The molecule has 6 nitrogen and oxygen atoms in total. The average Bonchev–Trinajstić information content (AvgIpc) is 3.47. The number of aryl methyl sites for hydroxylation is 1. The van der Waals surface area contributed by atoms with Gasteiger partial charge >= 0.3 is 0 Å². The Balaban J connectivity index is 1.35. The number of carbonyl (C=O) groups is 1. The zero-order chi connectivity index (χ0) is 23.8. The van der Waals surface area contributed by atoms with Gasteiger partial charge in [0.25, 0.3) is 5.91 Å². The summed E-state index contributed by atoms with van der Waals surface area (Å²) in [6, 6.07) is 7.11. The number of hydrogen-bond acceptors (Lipinski definition) is 4. The van der Waals surface area contributed by atoms with Crippen LogP contribution in [0, 0.1) is 17.5 Å². The van der Waals surface area contributed by atoms with Crippen molar-refractivity contribution >= 4 is 11.6 Å². The van der Waals surface area contributed by atoms with Crippen LogP contribution in [0.4, 0.5) is 18.9 Å². The van der Waals surface area contributed by atoms with Crippen LogP contribution in [0.2, 0.25) is 0 Å². The molecule has 1 spiro atoms. The van der Waals surface area contributed by atoms with Crippen LogP contribution in [0.15, 0.2) is 30.3 Å². The van der Waals surface area contributed by atoms with Crippen molar-refractivity contribution in [1.82, 2.24) is 14.7 Å². The lowest BCUT2D eigenvalue weighted by molar-refractivity contribution is 0.0664. The molecule has 34 heavy (non-hydrogen) atoms. The molecule has 2 aliphatic heterocycles. The summed E-state index contributed by atoms with van der Waals surface area (Å²) in [7, 11) is 1.67. The zero-order valence-electron chi connectivity index (χ0n) is 18.8. The van der Waals surface area contributed by atoms with Crippen molar-refractivity contribution < 1.29 is 22.7 Å². The third kappa shape index (κ3) is 3.09. The highest BCUT2D eigenvalue weighted by atomic mass is 19.2.